The average Bonchev–Trinajstić information content (AvgIpc) is 2.92. The predicted octanol–water partition coefficient (Wildman–Crippen LogP) is 9.94. The second-order valence-electron chi connectivity index (χ2n) is 10.9. The van der Waals surface area contributed by atoms with Crippen molar-refractivity contribution >= 4 is 11.9 Å². The summed E-state index contributed by atoms with van der Waals surface area (Å²) in [5, 5.41) is 2.83. The van der Waals surface area contributed by atoms with Crippen molar-refractivity contribution in [1.82, 2.24) is 5.32 Å². The van der Waals surface area contributed by atoms with Crippen molar-refractivity contribution in [3.8, 4) is 0 Å². The van der Waals surface area contributed by atoms with E-state index < -0.39 is 12.1 Å². The fraction of sp³-hybridized carbons (Fsp3) is 0.758. The van der Waals surface area contributed by atoms with Gasteiger partial charge in [0.1, 0.15) is 6.61 Å². The SMILES string of the molecule is CCCCCCCCCCCCCCCCCCCC(=O)C(NC(=O)OCc1ccccc1)C(C)CC. The summed E-state index contributed by atoms with van der Waals surface area (Å²) in [6.45, 7) is 6.57. The maximum atomic E-state index is 12.8. The third-order valence-electron chi connectivity index (χ3n) is 7.57. The van der Waals surface area contributed by atoms with Crippen LogP contribution in [0.3, 0.4) is 0 Å². The zero-order chi connectivity index (χ0) is 27.0. The molecule has 4 nitrogen and oxygen atoms in total. The fourth-order valence-corrected chi connectivity index (χ4v) is 4.85. The van der Waals surface area contributed by atoms with E-state index in [9.17, 15) is 9.59 Å². The first kappa shape index (κ1) is 33.2. The summed E-state index contributed by atoms with van der Waals surface area (Å²) < 4.78 is 5.34. The van der Waals surface area contributed by atoms with Gasteiger partial charge in [-0.15, -0.1) is 0 Å². The van der Waals surface area contributed by atoms with Crippen LogP contribution in [0.4, 0.5) is 4.79 Å². The first-order valence-corrected chi connectivity index (χ1v) is 15.6. The van der Waals surface area contributed by atoms with Crippen molar-refractivity contribution in [2.24, 2.45) is 5.92 Å². The number of benzene rings is 1. The van der Waals surface area contributed by atoms with Crippen molar-refractivity contribution in [2.45, 2.75) is 155 Å². The van der Waals surface area contributed by atoms with Gasteiger partial charge in [-0.1, -0.05) is 160 Å². The monoisotopic (exact) mass is 515 g/mol. The number of nitrogens with one attached hydrogen (secondary N) is 1. The standard InChI is InChI=1S/C33H57NO3/c1-4-6-7-8-9-10-11-12-13-14-15-16-17-18-19-20-24-27-31(35)32(29(3)5-2)34-33(36)37-28-30-25-22-21-23-26-30/h21-23,25-26,29,32H,4-20,24,27-28H2,1-3H3,(H,34,36). The maximum Gasteiger partial charge on any atom is 0.408 e. The van der Waals surface area contributed by atoms with Gasteiger partial charge in [0.05, 0.1) is 6.04 Å². The zero-order valence-corrected chi connectivity index (χ0v) is 24.4. The van der Waals surface area contributed by atoms with Crippen LogP contribution in [0.1, 0.15) is 148 Å². The highest BCUT2D eigenvalue weighted by Gasteiger charge is 2.25. The molecule has 2 unspecified atom stereocenters. The lowest BCUT2D eigenvalue weighted by Crippen LogP contribution is -2.45. The van der Waals surface area contributed by atoms with Crippen molar-refractivity contribution in [3.63, 3.8) is 0 Å². The second kappa shape index (κ2) is 23.3. The molecule has 0 saturated heterocycles. The summed E-state index contributed by atoms with van der Waals surface area (Å²) >= 11 is 0. The molecular formula is C33H57NO3. The van der Waals surface area contributed by atoms with Crippen LogP contribution in [0.5, 0.6) is 0 Å². The van der Waals surface area contributed by atoms with E-state index in [0.29, 0.717) is 6.42 Å². The van der Waals surface area contributed by atoms with E-state index in [1.807, 2.05) is 37.3 Å². The summed E-state index contributed by atoms with van der Waals surface area (Å²) in [5.41, 5.74) is 0.938. The number of alkyl carbamates (subject to hydrolysis) is 1. The van der Waals surface area contributed by atoms with E-state index in [2.05, 4.69) is 19.2 Å². The van der Waals surface area contributed by atoms with Gasteiger partial charge in [0.15, 0.2) is 5.78 Å². The molecule has 0 spiro atoms. The van der Waals surface area contributed by atoms with Gasteiger partial charge in [-0.2, -0.15) is 0 Å². The molecule has 37 heavy (non-hydrogen) atoms. The minimum absolute atomic E-state index is 0.0996. The van der Waals surface area contributed by atoms with Crippen molar-refractivity contribution in [2.75, 3.05) is 0 Å². The van der Waals surface area contributed by atoms with E-state index in [-0.39, 0.29) is 18.3 Å². The smallest absolute Gasteiger partial charge is 0.408 e. The van der Waals surface area contributed by atoms with E-state index in [4.69, 9.17) is 4.74 Å². The molecule has 4 heteroatoms. The Bertz CT molecular complexity index is 675. The number of hydrogen-bond acceptors (Lipinski definition) is 3. The van der Waals surface area contributed by atoms with Crippen LogP contribution in [-0.4, -0.2) is 17.9 Å². The molecule has 1 amide bonds. The highest BCUT2D eigenvalue weighted by atomic mass is 16.5. The number of carbonyl (C=O) groups is 2. The Morgan fingerprint density at radius 1 is 0.703 bits per heavy atom. The molecule has 1 aromatic rings. The molecule has 0 fully saturated rings. The Kier molecular flexibility index (Phi) is 20.9. The molecule has 1 aromatic carbocycles. The first-order chi connectivity index (χ1) is 18.1. The highest BCUT2D eigenvalue weighted by molar-refractivity contribution is 5.87. The zero-order valence-electron chi connectivity index (χ0n) is 24.4. The molecule has 1 N–H and O–H groups in total. The van der Waals surface area contributed by atoms with Gasteiger partial charge in [0.25, 0.3) is 0 Å². The molecule has 0 radical (unpaired) electrons. The summed E-state index contributed by atoms with van der Waals surface area (Å²) in [6.07, 6.45) is 23.5. The third kappa shape index (κ3) is 18.1. The molecule has 0 bridgehead atoms. The summed E-state index contributed by atoms with van der Waals surface area (Å²) in [5.74, 6) is 0.231. The van der Waals surface area contributed by atoms with Gasteiger partial charge in [-0.25, -0.2) is 4.79 Å². The molecule has 0 aliphatic carbocycles. The Balaban J connectivity index is 2.04. The van der Waals surface area contributed by atoms with Crippen LogP contribution in [-0.2, 0) is 16.1 Å². The second-order valence-corrected chi connectivity index (χ2v) is 10.9. The molecule has 212 valence electrons. The van der Waals surface area contributed by atoms with Crippen LogP contribution in [0.25, 0.3) is 0 Å². The van der Waals surface area contributed by atoms with Gasteiger partial charge in [-0.05, 0) is 17.9 Å². The number of hydrogen-bond donors (Lipinski definition) is 1. The highest BCUT2D eigenvalue weighted by Crippen LogP contribution is 2.16. The molecule has 0 aromatic heterocycles. The normalized spacial score (nSPS) is 12.7. The van der Waals surface area contributed by atoms with Gasteiger partial charge in [0.2, 0.25) is 0 Å². The quantitative estimate of drug-likeness (QED) is 0.139. The molecule has 1 rings (SSSR count). The lowest BCUT2D eigenvalue weighted by Gasteiger charge is -2.23. The van der Waals surface area contributed by atoms with Crippen LogP contribution < -0.4 is 5.32 Å². The van der Waals surface area contributed by atoms with Crippen LogP contribution >= 0.6 is 0 Å². The Labute approximate surface area is 228 Å². The number of ketones is 1. The number of Topliss-reactive ketones (excluding diaryl/α,β-unsaturated/α-hetero) is 1. The fourth-order valence-electron chi connectivity index (χ4n) is 4.85. The van der Waals surface area contributed by atoms with Gasteiger partial charge in [-0.3, -0.25) is 4.79 Å². The predicted molar refractivity (Wildman–Crippen MR) is 157 cm³/mol. The van der Waals surface area contributed by atoms with E-state index >= 15 is 0 Å². The summed E-state index contributed by atoms with van der Waals surface area (Å²) in [7, 11) is 0. The van der Waals surface area contributed by atoms with Gasteiger partial charge >= 0.3 is 6.09 Å². The molecular weight excluding hydrogens is 458 g/mol. The van der Waals surface area contributed by atoms with Crippen LogP contribution in [0, 0.1) is 5.92 Å². The number of amides is 1. The molecule has 0 aliphatic rings. The molecule has 0 saturated carbocycles. The number of carbonyl (C=O) groups excluding carboxylic acids is 2. The van der Waals surface area contributed by atoms with E-state index in [0.717, 1.165) is 24.8 Å². The maximum absolute atomic E-state index is 12.8. The first-order valence-electron chi connectivity index (χ1n) is 15.6. The average molecular weight is 516 g/mol. The Morgan fingerprint density at radius 2 is 1.16 bits per heavy atom. The Hall–Kier alpha value is -1.84. The van der Waals surface area contributed by atoms with Crippen LogP contribution in [0.15, 0.2) is 30.3 Å². The lowest BCUT2D eigenvalue weighted by molar-refractivity contribution is -0.122. The van der Waals surface area contributed by atoms with Gasteiger partial charge in [0, 0.05) is 6.42 Å². The van der Waals surface area contributed by atoms with Crippen molar-refractivity contribution in [1.29, 1.82) is 0 Å². The topological polar surface area (TPSA) is 55.4 Å². The molecule has 0 heterocycles. The number of unbranched alkanes of at least 4 members (excludes halogenated alkanes) is 16. The Morgan fingerprint density at radius 3 is 1.62 bits per heavy atom. The largest absolute Gasteiger partial charge is 0.445 e. The minimum atomic E-state index is -0.509. The lowest BCUT2D eigenvalue weighted by atomic mass is 9.92. The van der Waals surface area contributed by atoms with E-state index in [1.54, 1.807) is 0 Å². The third-order valence-corrected chi connectivity index (χ3v) is 7.57. The van der Waals surface area contributed by atoms with Crippen molar-refractivity contribution in [3.05, 3.63) is 35.9 Å². The van der Waals surface area contributed by atoms with Crippen molar-refractivity contribution < 1.29 is 14.3 Å². The number of ether oxygens (including phenoxy) is 1. The van der Waals surface area contributed by atoms with E-state index in [1.165, 1.54) is 96.3 Å². The number of rotatable bonds is 24. The summed E-state index contributed by atoms with van der Waals surface area (Å²) in [6, 6.07) is 9.14. The summed E-state index contributed by atoms with van der Waals surface area (Å²) in [4.78, 5) is 25.1. The minimum Gasteiger partial charge on any atom is -0.445 e. The van der Waals surface area contributed by atoms with Crippen LogP contribution in [0.2, 0.25) is 0 Å². The van der Waals surface area contributed by atoms with Gasteiger partial charge < -0.3 is 10.1 Å². The molecule has 2 atom stereocenters. The molecule has 0 aliphatic heterocycles.